The fraction of sp³-hybridized carbons (Fsp3) is 0.792. The molecule has 0 aromatic rings. The number of aliphatic carboxylic acids is 1. The Morgan fingerprint density at radius 1 is 0.971 bits per heavy atom. The first-order valence-electron chi connectivity index (χ1n) is 12.5. The Morgan fingerprint density at radius 2 is 1.63 bits per heavy atom. The molecule has 35 heavy (non-hydrogen) atoms. The van der Waals surface area contributed by atoms with E-state index in [2.05, 4.69) is 24.4 Å². The average Bonchev–Trinajstić information content (AvgIpc) is 2.78. The van der Waals surface area contributed by atoms with Gasteiger partial charge in [0.1, 0.15) is 6.61 Å². The summed E-state index contributed by atoms with van der Waals surface area (Å²) in [7, 11) is -4.92. The number of carbonyl (C=O) groups is 3. The summed E-state index contributed by atoms with van der Waals surface area (Å²) >= 11 is 0. The topological polar surface area (TPSA) is 167 Å². The minimum atomic E-state index is -4.92. The van der Waals surface area contributed by atoms with Crippen LogP contribution in [0.15, 0.2) is 12.2 Å². The zero-order chi connectivity index (χ0) is 26.5. The molecule has 0 saturated heterocycles. The molecule has 0 aromatic carbocycles. The first-order valence-corrected chi connectivity index (χ1v) is 14.0. The fourth-order valence-electron chi connectivity index (χ4n) is 3.35. The summed E-state index contributed by atoms with van der Waals surface area (Å²) in [6.45, 7) is 1.96. The van der Waals surface area contributed by atoms with Crippen molar-refractivity contribution in [2.75, 3.05) is 13.2 Å². The molecule has 11 heteroatoms. The Kier molecular flexibility index (Phi) is 19.1. The zero-order valence-corrected chi connectivity index (χ0v) is 21.6. The van der Waals surface area contributed by atoms with E-state index in [4.69, 9.17) is 14.4 Å². The molecule has 1 amide bonds. The zero-order valence-electron chi connectivity index (χ0n) is 20.8. The van der Waals surface area contributed by atoms with Crippen molar-refractivity contribution in [2.24, 2.45) is 0 Å². The van der Waals surface area contributed by atoms with Gasteiger partial charge in [0.15, 0.2) is 5.25 Å². The van der Waals surface area contributed by atoms with E-state index in [9.17, 15) is 27.9 Å². The number of hydrogen-bond donors (Lipinski definition) is 4. The molecule has 0 fully saturated rings. The lowest BCUT2D eigenvalue weighted by Gasteiger charge is -2.10. The summed E-state index contributed by atoms with van der Waals surface area (Å²) in [6, 6.07) is 0. The predicted molar refractivity (Wildman–Crippen MR) is 132 cm³/mol. The number of unbranched alkanes of at least 4 members (excludes halogenated alkanes) is 8. The molecular formula is C24H43NO9S. The smallest absolute Gasteiger partial charge is 0.325 e. The number of carbonyl (C=O) groups excluding carboxylic acids is 2. The molecule has 4 N–H and O–H groups in total. The highest BCUT2D eigenvalue weighted by Gasteiger charge is 2.33. The van der Waals surface area contributed by atoms with Crippen molar-refractivity contribution in [1.82, 2.24) is 5.32 Å². The number of carboxylic acid groups (broad SMARTS) is 1. The number of amides is 1. The maximum atomic E-state index is 11.8. The third-order valence-electron chi connectivity index (χ3n) is 5.41. The van der Waals surface area contributed by atoms with E-state index in [1.165, 1.54) is 19.3 Å². The van der Waals surface area contributed by atoms with Crippen LogP contribution in [0.5, 0.6) is 0 Å². The van der Waals surface area contributed by atoms with E-state index in [0.29, 0.717) is 12.8 Å². The summed E-state index contributed by atoms with van der Waals surface area (Å²) < 4.78 is 35.3. The SMILES string of the molecule is CCCCCC[C@@H](O)C/C=C/CCCCCCCC(=O)NCCOC(=O)C[C@@H](C(=O)O)S(=O)(=O)O. The molecule has 0 saturated carbocycles. The number of aliphatic hydroxyl groups is 1. The normalized spacial score (nSPS) is 13.5. The molecule has 0 aliphatic heterocycles. The van der Waals surface area contributed by atoms with Gasteiger partial charge in [-0.3, -0.25) is 18.9 Å². The lowest BCUT2D eigenvalue weighted by atomic mass is 10.1. The van der Waals surface area contributed by atoms with Crippen LogP contribution in [-0.4, -0.2) is 65.5 Å². The molecule has 10 nitrogen and oxygen atoms in total. The number of rotatable bonds is 22. The Bertz CT molecular complexity index is 737. The van der Waals surface area contributed by atoms with Gasteiger partial charge in [-0.1, -0.05) is 64.0 Å². The number of ether oxygens (including phenoxy) is 1. The number of nitrogens with one attached hydrogen (secondary N) is 1. The molecule has 0 aromatic heterocycles. The summed E-state index contributed by atoms with van der Waals surface area (Å²) in [5.74, 6) is -3.14. The average molecular weight is 522 g/mol. The van der Waals surface area contributed by atoms with Crippen molar-refractivity contribution in [3.05, 3.63) is 12.2 Å². The van der Waals surface area contributed by atoms with Crippen LogP contribution < -0.4 is 5.32 Å². The molecule has 0 rings (SSSR count). The highest BCUT2D eigenvalue weighted by molar-refractivity contribution is 7.87. The standard InChI is InChI=1S/C24H43NO9S/c1-2-3-4-11-14-20(26)15-12-9-7-5-6-8-10-13-16-22(27)25-17-18-34-23(28)19-21(24(29)30)35(31,32)33/h9,12,20-21,26H,2-8,10-11,13-19H2,1H3,(H,25,27)(H,29,30)(H,31,32,33)/b12-9+/t20-,21+/m1/s1. The van der Waals surface area contributed by atoms with Crippen LogP contribution >= 0.6 is 0 Å². The second-order valence-corrected chi connectivity index (χ2v) is 10.2. The van der Waals surface area contributed by atoms with Crippen LogP contribution in [0, 0.1) is 0 Å². The van der Waals surface area contributed by atoms with Crippen molar-refractivity contribution in [2.45, 2.75) is 108 Å². The van der Waals surface area contributed by atoms with Crippen LogP contribution in [0.1, 0.15) is 96.8 Å². The van der Waals surface area contributed by atoms with Gasteiger partial charge in [0.05, 0.1) is 19.1 Å². The van der Waals surface area contributed by atoms with E-state index in [0.717, 1.165) is 51.4 Å². The summed E-state index contributed by atoms with van der Waals surface area (Å²) in [6.07, 6.45) is 15.4. The monoisotopic (exact) mass is 521 g/mol. The third-order valence-corrected chi connectivity index (χ3v) is 6.50. The largest absolute Gasteiger partial charge is 0.480 e. The highest BCUT2D eigenvalue weighted by Crippen LogP contribution is 2.11. The molecule has 0 aliphatic carbocycles. The maximum absolute atomic E-state index is 11.8. The lowest BCUT2D eigenvalue weighted by Crippen LogP contribution is -2.33. The van der Waals surface area contributed by atoms with Gasteiger partial charge < -0.3 is 20.3 Å². The lowest BCUT2D eigenvalue weighted by molar-refractivity contribution is -0.147. The molecule has 204 valence electrons. The van der Waals surface area contributed by atoms with Crippen LogP contribution in [0.2, 0.25) is 0 Å². The van der Waals surface area contributed by atoms with Gasteiger partial charge in [-0.25, -0.2) is 0 Å². The highest BCUT2D eigenvalue weighted by atomic mass is 32.2. The molecule has 0 radical (unpaired) electrons. The van der Waals surface area contributed by atoms with E-state index in [1.807, 2.05) is 0 Å². The third kappa shape index (κ3) is 20.0. The van der Waals surface area contributed by atoms with Crippen LogP contribution in [0.4, 0.5) is 0 Å². The van der Waals surface area contributed by atoms with Crippen LogP contribution in [0.3, 0.4) is 0 Å². The van der Waals surface area contributed by atoms with Crippen LogP contribution in [0.25, 0.3) is 0 Å². The van der Waals surface area contributed by atoms with Crippen molar-refractivity contribution >= 4 is 28.0 Å². The van der Waals surface area contributed by atoms with Gasteiger partial charge in [-0.15, -0.1) is 0 Å². The van der Waals surface area contributed by atoms with E-state index in [1.54, 1.807) is 0 Å². The van der Waals surface area contributed by atoms with Crippen molar-refractivity contribution in [3.8, 4) is 0 Å². The van der Waals surface area contributed by atoms with Crippen molar-refractivity contribution in [1.29, 1.82) is 0 Å². The molecule has 0 heterocycles. The molecule has 2 atom stereocenters. The quantitative estimate of drug-likeness (QED) is 0.0722. The van der Waals surface area contributed by atoms with Gasteiger partial charge in [0, 0.05) is 6.42 Å². The van der Waals surface area contributed by atoms with E-state index < -0.39 is 33.7 Å². The first-order chi connectivity index (χ1) is 16.6. The van der Waals surface area contributed by atoms with Gasteiger partial charge in [0.25, 0.3) is 10.1 Å². The molecule has 0 spiro atoms. The van der Waals surface area contributed by atoms with Crippen LogP contribution in [-0.2, 0) is 29.2 Å². The van der Waals surface area contributed by atoms with E-state index >= 15 is 0 Å². The fourth-order valence-corrected chi connectivity index (χ4v) is 3.95. The Morgan fingerprint density at radius 3 is 2.29 bits per heavy atom. The summed E-state index contributed by atoms with van der Waals surface area (Å²) in [5, 5.41) is 18.9. The molecule has 0 unspecified atom stereocenters. The molecule has 0 aliphatic rings. The summed E-state index contributed by atoms with van der Waals surface area (Å²) in [4.78, 5) is 34.1. The van der Waals surface area contributed by atoms with Crippen molar-refractivity contribution < 1.29 is 42.3 Å². The van der Waals surface area contributed by atoms with Crippen molar-refractivity contribution in [3.63, 3.8) is 0 Å². The number of allylic oxidation sites excluding steroid dienone is 1. The number of carboxylic acids is 1. The molecular weight excluding hydrogens is 478 g/mol. The minimum Gasteiger partial charge on any atom is -0.480 e. The Hall–Kier alpha value is -1.98. The number of aliphatic hydroxyl groups excluding tert-OH is 1. The van der Waals surface area contributed by atoms with Gasteiger partial charge in [-0.05, 0) is 32.1 Å². The maximum Gasteiger partial charge on any atom is 0.325 e. The van der Waals surface area contributed by atoms with E-state index in [-0.39, 0.29) is 25.2 Å². The number of hydrogen-bond acceptors (Lipinski definition) is 7. The Balaban J connectivity index is 3.66. The second kappa shape index (κ2) is 20.2. The molecule has 0 bridgehead atoms. The summed E-state index contributed by atoms with van der Waals surface area (Å²) in [5.41, 5.74) is 0. The number of esters is 1. The minimum absolute atomic E-state index is 0.0218. The second-order valence-electron chi connectivity index (χ2n) is 8.63. The Labute approximate surface area is 209 Å². The predicted octanol–water partition coefficient (Wildman–Crippen LogP) is 3.39. The van der Waals surface area contributed by atoms with Gasteiger partial charge >= 0.3 is 11.9 Å². The first kappa shape index (κ1) is 33.0. The van der Waals surface area contributed by atoms with Gasteiger partial charge in [0.2, 0.25) is 5.91 Å². The van der Waals surface area contributed by atoms with Gasteiger partial charge in [-0.2, -0.15) is 8.42 Å².